The van der Waals surface area contributed by atoms with E-state index in [-0.39, 0.29) is 23.9 Å². The van der Waals surface area contributed by atoms with Crippen LogP contribution in [0, 0.1) is 0 Å². The van der Waals surface area contributed by atoms with E-state index in [1.165, 1.54) is 4.90 Å². The van der Waals surface area contributed by atoms with Gasteiger partial charge in [0.05, 0.1) is 6.54 Å². The highest BCUT2D eigenvalue weighted by Gasteiger charge is 2.20. The summed E-state index contributed by atoms with van der Waals surface area (Å²) in [5.74, 6) is -0.285. The zero-order valence-electron chi connectivity index (χ0n) is 14.2. The summed E-state index contributed by atoms with van der Waals surface area (Å²) in [6, 6.07) is 7.53. The number of nitrogens with zero attached hydrogens (tertiary/aromatic N) is 1. The van der Waals surface area contributed by atoms with Crippen molar-refractivity contribution in [1.29, 1.82) is 0 Å². The van der Waals surface area contributed by atoms with Crippen LogP contribution in [0.5, 0.6) is 0 Å². The van der Waals surface area contributed by atoms with Gasteiger partial charge in [-0.25, -0.2) is 0 Å². The summed E-state index contributed by atoms with van der Waals surface area (Å²) in [7, 11) is 3.53. The van der Waals surface area contributed by atoms with E-state index in [9.17, 15) is 9.59 Å². The van der Waals surface area contributed by atoms with Gasteiger partial charge in [0.2, 0.25) is 5.91 Å². The Balaban J connectivity index is 2.76. The monoisotopic (exact) mass is 305 g/mol. The molecule has 0 unspecified atom stereocenters. The van der Waals surface area contributed by atoms with Crippen molar-refractivity contribution in [2.45, 2.75) is 32.7 Å². The van der Waals surface area contributed by atoms with Crippen LogP contribution in [0.25, 0.3) is 0 Å². The molecule has 1 rings (SSSR count). The van der Waals surface area contributed by atoms with Gasteiger partial charge < -0.3 is 15.5 Å². The van der Waals surface area contributed by atoms with E-state index in [2.05, 4.69) is 10.6 Å². The summed E-state index contributed by atoms with van der Waals surface area (Å²) in [6.45, 7) is 6.61. The standard InChI is InChI=1S/C17H27N3O2/c1-17(2,3)19-15(21)12-20(5)16(22)14-9-7-6-8-13(14)10-11-18-4/h6-9,18H,10-12H2,1-5H3,(H,19,21). The lowest BCUT2D eigenvalue weighted by atomic mass is 10.0. The van der Waals surface area contributed by atoms with Gasteiger partial charge in [-0.15, -0.1) is 0 Å². The van der Waals surface area contributed by atoms with Gasteiger partial charge in [-0.05, 0) is 52.4 Å². The SMILES string of the molecule is CNCCc1ccccc1C(=O)N(C)CC(=O)NC(C)(C)C. The molecule has 0 spiro atoms. The van der Waals surface area contributed by atoms with Crippen molar-refractivity contribution in [3.8, 4) is 0 Å². The largest absolute Gasteiger partial charge is 0.350 e. The maximum Gasteiger partial charge on any atom is 0.254 e. The van der Waals surface area contributed by atoms with Crippen molar-refractivity contribution in [2.75, 3.05) is 27.2 Å². The van der Waals surface area contributed by atoms with Crippen LogP contribution in [0.2, 0.25) is 0 Å². The van der Waals surface area contributed by atoms with E-state index in [4.69, 9.17) is 0 Å². The Kier molecular flexibility index (Phi) is 6.56. The van der Waals surface area contributed by atoms with Gasteiger partial charge in [0.15, 0.2) is 0 Å². The molecular weight excluding hydrogens is 278 g/mol. The summed E-state index contributed by atoms with van der Waals surface area (Å²) in [6.07, 6.45) is 0.778. The van der Waals surface area contributed by atoms with Crippen LogP contribution in [-0.4, -0.2) is 49.4 Å². The van der Waals surface area contributed by atoms with Gasteiger partial charge in [-0.1, -0.05) is 18.2 Å². The first kappa shape index (κ1) is 18.2. The topological polar surface area (TPSA) is 61.4 Å². The van der Waals surface area contributed by atoms with Crippen molar-refractivity contribution in [3.63, 3.8) is 0 Å². The third kappa shape index (κ3) is 5.85. The van der Waals surface area contributed by atoms with Crippen LogP contribution >= 0.6 is 0 Å². The number of benzene rings is 1. The molecule has 5 nitrogen and oxygen atoms in total. The highest BCUT2D eigenvalue weighted by Crippen LogP contribution is 2.12. The first-order valence-corrected chi connectivity index (χ1v) is 7.53. The van der Waals surface area contributed by atoms with Crippen LogP contribution in [0.1, 0.15) is 36.7 Å². The number of likely N-dealkylation sites (N-methyl/N-ethyl adjacent to an activating group) is 2. The molecule has 2 N–H and O–H groups in total. The molecule has 2 amide bonds. The van der Waals surface area contributed by atoms with E-state index in [0.717, 1.165) is 18.5 Å². The molecule has 0 heterocycles. The van der Waals surface area contributed by atoms with Crippen LogP contribution < -0.4 is 10.6 Å². The molecule has 22 heavy (non-hydrogen) atoms. The fourth-order valence-electron chi connectivity index (χ4n) is 2.16. The number of rotatable bonds is 6. The molecule has 0 bridgehead atoms. The smallest absolute Gasteiger partial charge is 0.254 e. The second-order valence-corrected chi connectivity index (χ2v) is 6.47. The minimum Gasteiger partial charge on any atom is -0.350 e. The van der Waals surface area contributed by atoms with E-state index in [1.54, 1.807) is 7.05 Å². The van der Waals surface area contributed by atoms with Gasteiger partial charge in [0, 0.05) is 18.2 Å². The molecule has 1 aromatic carbocycles. The molecular formula is C17H27N3O2. The van der Waals surface area contributed by atoms with E-state index >= 15 is 0 Å². The van der Waals surface area contributed by atoms with E-state index in [0.29, 0.717) is 5.56 Å². The van der Waals surface area contributed by atoms with Gasteiger partial charge in [0.1, 0.15) is 0 Å². The number of nitrogens with one attached hydrogen (secondary N) is 2. The summed E-state index contributed by atoms with van der Waals surface area (Å²) < 4.78 is 0. The molecule has 0 aromatic heterocycles. The van der Waals surface area contributed by atoms with Crippen molar-refractivity contribution >= 4 is 11.8 Å². The number of carbonyl (C=O) groups excluding carboxylic acids is 2. The molecule has 0 radical (unpaired) electrons. The normalized spacial score (nSPS) is 11.1. The van der Waals surface area contributed by atoms with Crippen molar-refractivity contribution in [2.24, 2.45) is 0 Å². The van der Waals surface area contributed by atoms with E-state index < -0.39 is 0 Å². The molecule has 0 atom stereocenters. The Morgan fingerprint density at radius 3 is 2.41 bits per heavy atom. The lowest BCUT2D eigenvalue weighted by Crippen LogP contribution is -2.46. The first-order chi connectivity index (χ1) is 10.2. The van der Waals surface area contributed by atoms with Gasteiger partial charge in [-0.2, -0.15) is 0 Å². The van der Waals surface area contributed by atoms with Crippen molar-refractivity contribution in [3.05, 3.63) is 35.4 Å². The van der Waals surface area contributed by atoms with Crippen LogP contribution in [-0.2, 0) is 11.2 Å². The summed E-state index contributed by atoms with van der Waals surface area (Å²) in [5.41, 5.74) is 1.35. The molecule has 0 aliphatic rings. The third-order valence-corrected chi connectivity index (χ3v) is 3.13. The van der Waals surface area contributed by atoms with Crippen molar-refractivity contribution < 1.29 is 9.59 Å². The Morgan fingerprint density at radius 1 is 1.18 bits per heavy atom. The fraction of sp³-hybridized carbons (Fsp3) is 0.529. The molecule has 1 aromatic rings. The molecule has 0 saturated carbocycles. The predicted octanol–water partition coefficient (Wildman–Crippen LogP) is 1.44. The van der Waals surface area contributed by atoms with Crippen LogP contribution in [0.15, 0.2) is 24.3 Å². The van der Waals surface area contributed by atoms with Gasteiger partial charge >= 0.3 is 0 Å². The molecule has 122 valence electrons. The molecule has 0 saturated heterocycles. The zero-order valence-corrected chi connectivity index (χ0v) is 14.2. The predicted molar refractivity (Wildman–Crippen MR) is 88.9 cm³/mol. The Hall–Kier alpha value is -1.88. The number of hydrogen-bond donors (Lipinski definition) is 2. The van der Waals surface area contributed by atoms with Gasteiger partial charge in [-0.3, -0.25) is 9.59 Å². The number of hydrogen-bond acceptors (Lipinski definition) is 3. The number of amides is 2. The average Bonchev–Trinajstić information content (AvgIpc) is 2.42. The maximum absolute atomic E-state index is 12.6. The lowest BCUT2D eigenvalue weighted by molar-refractivity contribution is -0.122. The average molecular weight is 305 g/mol. The molecule has 0 aliphatic heterocycles. The van der Waals surface area contributed by atoms with E-state index in [1.807, 2.05) is 52.1 Å². The third-order valence-electron chi connectivity index (χ3n) is 3.13. The summed E-state index contributed by atoms with van der Waals surface area (Å²) in [5, 5.41) is 5.94. The zero-order chi connectivity index (χ0) is 16.8. The Labute approximate surface area is 133 Å². The van der Waals surface area contributed by atoms with Gasteiger partial charge in [0.25, 0.3) is 5.91 Å². The second-order valence-electron chi connectivity index (χ2n) is 6.47. The second kappa shape index (κ2) is 7.94. The minimum absolute atomic E-state index is 0.0520. The van der Waals surface area contributed by atoms with Crippen molar-refractivity contribution in [1.82, 2.24) is 15.5 Å². The Morgan fingerprint density at radius 2 is 1.82 bits per heavy atom. The number of carbonyl (C=O) groups is 2. The lowest BCUT2D eigenvalue weighted by Gasteiger charge is -2.24. The highest BCUT2D eigenvalue weighted by atomic mass is 16.2. The molecule has 0 aliphatic carbocycles. The molecule has 0 fully saturated rings. The fourth-order valence-corrected chi connectivity index (χ4v) is 2.16. The first-order valence-electron chi connectivity index (χ1n) is 7.53. The quantitative estimate of drug-likeness (QED) is 0.836. The summed E-state index contributed by atoms with van der Waals surface area (Å²) in [4.78, 5) is 26.0. The highest BCUT2D eigenvalue weighted by molar-refractivity contribution is 5.97. The van der Waals surface area contributed by atoms with Crippen LogP contribution in [0.3, 0.4) is 0 Å². The van der Waals surface area contributed by atoms with Crippen LogP contribution in [0.4, 0.5) is 0 Å². The maximum atomic E-state index is 12.6. The Bertz CT molecular complexity index is 521. The molecule has 5 heteroatoms. The summed E-state index contributed by atoms with van der Waals surface area (Å²) >= 11 is 0. The minimum atomic E-state index is -0.300.